The summed E-state index contributed by atoms with van der Waals surface area (Å²) in [5.74, 6) is -0.347. The van der Waals surface area contributed by atoms with E-state index in [1.165, 1.54) is 48.8 Å². The van der Waals surface area contributed by atoms with Gasteiger partial charge in [-0.2, -0.15) is 0 Å². The fourth-order valence-corrected chi connectivity index (χ4v) is 7.98. The lowest BCUT2D eigenvalue weighted by Crippen LogP contribution is -2.33. The van der Waals surface area contributed by atoms with Crippen molar-refractivity contribution >= 4 is 32.5 Å². The molecule has 0 N–H and O–H groups in total. The Morgan fingerprint density at radius 1 is 1.00 bits per heavy atom. The molecule has 2 aliphatic rings. The summed E-state index contributed by atoms with van der Waals surface area (Å²) in [6.45, 7) is 0. The minimum Gasteiger partial charge on any atom is -0.465 e. The predicted octanol–water partition coefficient (Wildman–Crippen LogP) is 4.62. The summed E-state index contributed by atoms with van der Waals surface area (Å²) in [4.78, 5) is 48.0. The van der Waals surface area contributed by atoms with Crippen molar-refractivity contribution in [2.24, 2.45) is 5.92 Å². The molecule has 3 aromatic rings. The molecule has 0 spiro atoms. The molecule has 0 saturated heterocycles. The number of sulfone groups is 1. The quantitative estimate of drug-likeness (QED) is 0.344. The number of carbonyl (C=O) groups excluding carboxylic acids is 2. The normalized spacial score (nSPS) is 17.6. The van der Waals surface area contributed by atoms with Crippen molar-refractivity contribution < 1.29 is 22.7 Å². The smallest absolute Gasteiger partial charge is 0.339 e. The van der Waals surface area contributed by atoms with Crippen LogP contribution in [0.5, 0.6) is 0 Å². The van der Waals surface area contributed by atoms with Crippen LogP contribution in [0.4, 0.5) is 0 Å². The van der Waals surface area contributed by atoms with E-state index in [9.17, 15) is 22.8 Å². The first-order chi connectivity index (χ1) is 19.3. The Balaban J connectivity index is 1.46. The van der Waals surface area contributed by atoms with Crippen LogP contribution in [-0.2, 0) is 25.8 Å². The number of rotatable bonds is 9. The lowest BCUT2D eigenvalue weighted by atomic mass is 9.83. The molecule has 0 aliphatic heterocycles. The van der Waals surface area contributed by atoms with Gasteiger partial charge in [0.15, 0.2) is 15.6 Å². The van der Waals surface area contributed by atoms with E-state index in [1.54, 1.807) is 12.1 Å². The van der Waals surface area contributed by atoms with Gasteiger partial charge in [0.05, 0.1) is 52.5 Å². The van der Waals surface area contributed by atoms with E-state index < -0.39 is 27.1 Å². The van der Waals surface area contributed by atoms with E-state index in [1.807, 2.05) is 0 Å². The van der Waals surface area contributed by atoms with Gasteiger partial charge in [0.2, 0.25) is 0 Å². The van der Waals surface area contributed by atoms with Crippen LogP contribution in [-0.4, -0.2) is 47.1 Å². The molecular formula is C30H35N3O6S. The summed E-state index contributed by atoms with van der Waals surface area (Å²) in [5, 5.41) is -0.104. The Labute approximate surface area is 233 Å². The Morgan fingerprint density at radius 3 is 2.40 bits per heavy atom. The molecule has 2 heterocycles. The second kappa shape index (κ2) is 12.0. The zero-order valence-corrected chi connectivity index (χ0v) is 23.6. The van der Waals surface area contributed by atoms with Crippen molar-refractivity contribution in [1.29, 1.82) is 0 Å². The molecule has 2 aromatic heterocycles. The average Bonchev–Trinajstić information content (AvgIpc) is 3.53. The number of benzene rings is 1. The third-order valence-corrected chi connectivity index (χ3v) is 10.7. The highest BCUT2D eigenvalue weighted by atomic mass is 32.2. The second-order valence-electron chi connectivity index (χ2n) is 11.0. The highest BCUT2D eigenvalue weighted by Gasteiger charge is 2.31. The number of ketones is 1. The SMILES string of the molecule is COC(=O)c1ccc(CC(=O)C(CC2CCCCC2)n2cnc3cc(S(=O)(=O)C4CCCC4)ccc3c2=O)nc1. The van der Waals surface area contributed by atoms with Crippen molar-refractivity contribution in [3.05, 3.63) is 64.5 Å². The lowest BCUT2D eigenvalue weighted by molar-refractivity contribution is -0.122. The Hall–Kier alpha value is -3.40. The van der Waals surface area contributed by atoms with Crippen molar-refractivity contribution in [1.82, 2.24) is 14.5 Å². The van der Waals surface area contributed by atoms with Gasteiger partial charge in [-0.3, -0.25) is 19.1 Å². The van der Waals surface area contributed by atoms with Crippen LogP contribution >= 0.6 is 0 Å². The van der Waals surface area contributed by atoms with Gasteiger partial charge in [0.25, 0.3) is 5.56 Å². The maximum absolute atomic E-state index is 13.7. The molecule has 40 heavy (non-hydrogen) atoms. The lowest BCUT2D eigenvalue weighted by Gasteiger charge is -2.27. The summed E-state index contributed by atoms with van der Waals surface area (Å²) in [7, 11) is -2.19. The molecular weight excluding hydrogens is 530 g/mol. The molecule has 1 aromatic carbocycles. The molecule has 5 rings (SSSR count). The first-order valence-corrected chi connectivity index (χ1v) is 15.6. The number of aromatic nitrogens is 3. The molecule has 1 unspecified atom stereocenters. The number of ether oxygens (including phenoxy) is 1. The molecule has 2 fully saturated rings. The van der Waals surface area contributed by atoms with Gasteiger partial charge < -0.3 is 4.74 Å². The number of methoxy groups -OCH3 is 1. The fraction of sp³-hybridized carbons (Fsp3) is 0.500. The van der Waals surface area contributed by atoms with Crippen molar-refractivity contribution in [2.45, 2.75) is 86.8 Å². The van der Waals surface area contributed by atoms with Gasteiger partial charge in [0, 0.05) is 11.9 Å². The zero-order chi connectivity index (χ0) is 28.3. The first-order valence-electron chi connectivity index (χ1n) is 14.1. The summed E-state index contributed by atoms with van der Waals surface area (Å²) in [5.41, 5.74) is 0.735. The fourth-order valence-electron chi connectivity index (χ4n) is 6.11. The largest absolute Gasteiger partial charge is 0.465 e. The summed E-state index contributed by atoms with van der Waals surface area (Å²) >= 11 is 0. The molecule has 1 atom stereocenters. The molecule has 2 aliphatic carbocycles. The molecule has 0 bridgehead atoms. The third kappa shape index (κ3) is 5.87. The summed E-state index contributed by atoms with van der Waals surface area (Å²) in [6.07, 6.45) is 11.8. The van der Waals surface area contributed by atoms with E-state index in [0.717, 1.165) is 38.5 Å². The van der Waals surface area contributed by atoms with E-state index in [-0.39, 0.29) is 28.0 Å². The third-order valence-electron chi connectivity index (χ3n) is 8.41. The van der Waals surface area contributed by atoms with Crippen LogP contribution in [0, 0.1) is 5.92 Å². The van der Waals surface area contributed by atoms with Crippen molar-refractivity contribution in [2.75, 3.05) is 7.11 Å². The molecule has 0 amide bonds. The average molecular weight is 566 g/mol. The number of pyridine rings is 1. The number of hydrogen-bond donors (Lipinski definition) is 0. The van der Waals surface area contributed by atoms with Crippen LogP contribution in [0.25, 0.3) is 10.9 Å². The number of carbonyl (C=O) groups is 2. The topological polar surface area (TPSA) is 125 Å². The Morgan fingerprint density at radius 2 is 1.73 bits per heavy atom. The van der Waals surface area contributed by atoms with Crippen LogP contribution in [0.2, 0.25) is 0 Å². The van der Waals surface area contributed by atoms with Gasteiger partial charge in [0.1, 0.15) is 0 Å². The van der Waals surface area contributed by atoms with E-state index in [4.69, 9.17) is 4.74 Å². The summed E-state index contributed by atoms with van der Waals surface area (Å²) < 4.78 is 32.3. The maximum atomic E-state index is 13.7. The van der Waals surface area contributed by atoms with Crippen LogP contribution in [0.15, 0.2) is 52.5 Å². The summed E-state index contributed by atoms with van der Waals surface area (Å²) in [6, 6.07) is 6.97. The zero-order valence-electron chi connectivity index (χ0n) is 22.8. The highest BCUT2D eigenvalue weighted by molar-refractivity contribution is 7.92. The first kappa shape index (κ1) is 28.1. The number of hydrogen-bond acceptors (Lipinski definition) is 8. The molecule has 2 saturated carbocycles. The number of fused-ring (bicyclic) bond motifs is 1. The van der Waals surface area contributed by atoms with Gasteiger partial charge in [-0.1, -0.05) is 44.9 Å². The van der Waals surface area contributed by atoms with E-state index in [0.29, 0.717) is 42.0 Å². The van der Waals surface area contributed by atoms with Crippen LogP contribution < -0.4 is 5.56 Å². The van der Waals surface area contributed by atoms with Gasteiger partial charge in [-0.25, -0.2) is 18.2 Å². The number of Topliss-reactive ketones (excluding diaryl/α,β-unsaturated/α-hetero) is 1. The standard InChI is InChI=1S/C30H35N3O6S/c1-39-30(36)21-11-12-22(31-18-21)16-28(34)27(15-20-7-3-2-4-8-20)33-19-32-26-17-24(13-14-25(26)29(33)35)40(37,38)23-9-5-6-10-23/h11-14,17-20,23,27H,2-10,15-16H2,1H3. The van der Waals surface area contributed by atoms with Crippen LogP contribution in [0.3, 0.4) is 0 Å². The van der Waals surface area contributed by atoms with Gasteiger partial charge in [-0.05, 0) is 55.5 Å². The van der Waals surface area contributed by atoms with E-state index >= 15 is 0 Å². The van der Waals surface area contributed by atoms with Crippen LogP contribution in [0.1, 0.15) is 86.3 Å². The molecule has 9 nitrogen and oxygen atoms in total. The number of nitrogens with zero attached hydrogens (tertiary/aromatic N) is 3. The Kier molecular flexibility index (Phi) is 8.44. The second-order valence-corrected chi connectivity index (χ2v) is 13.2. The number of esters is 1. The highest BCUT2D eigenvalue weighted by Crippen LogP contribution is 2.32. The van der Waals surface area contributed by atoms with Crippen molar-refractivity contribution in [3.63, 3.8) is 0 Å². The Bertz CT molecular complexity index is 1550. The minimum absolute atomic E-state index is 0.00187. The monoisotopic (exact) mass is 565 g/mol. The molecule has 10 heteroatoms. The predicted molar refractivity (Wildman–Crippen MR) is 150 cm³/mol. The van der Waals surface area contributed by atoms with Gasteiger partial charge >= 0.3 is 5.97 Å². The molecule has 0 radical (unpaired) electrons. The van der Waals surface area contributed by atoms with Crippen molar-refractivity contribution in [3.8, 4) is 0 Å². The molecule has 212 valence electrons. The van der Waals surface area contributed by atoms with E-state index in [2.05, 4.69) is 9.97 Å². The van der Waals surface area contributed by atoms with Gasteiger partial charge in [-0.15, -0.1) is 0 Å². The minimum atomic E-state index is -3.49. The maximum Gasteiger partial charge on any atom is 0.339 e.